The van der Waals surface area contributed by atoms with Gasteiger partial charge >= 0.3 is 0 Å². The van der Waals surface area contributed by atoms with E-state index in [1.165, 1.54) is 22.5 Å². The van der Waals surface area contributed by atoms with Crippen LogP contribution in [-0.2, 0) is 11.4 Å². The molecule has 0 spiro atoms. The summed E-state index contributed by atoms with van der Waals surface area (Å²) in [6.07, 6.45) is 1.59. The maximum Gasteiger partial charge on any atom is 0.250 e. The van der Waals surface area contributed by atoms with Crippen molar-refractivity contribution in [1.82, 2.24) is 5.43 Å². The van der Waals surface area contributed by atoms with Crippen molar-refractivity contribution in [2.24, 2.45) is 5.10 Å². The number of nitrogens with zero attached hydrogens (tertiary/aromatic N) is 1. The lowest BCUT2D eigenvalue weighted by Crippen LogP contribution is -2.19. The van der Waals surface area contributed by atoms with Crippen molar-refractivity contribution in [3.63, 3.8) is 0 Å². The summed E-state index contributed by atoms with van der Waals surface area (Å²) in [6.45, 7) is 0.438. The molecule has 0 saturated heterocycles. The minimum atomic E-state index is -0.190. The number of halogens is 3. The van der Waals surface area contributed by atoms with Crippen molar-refractivity contribution in [3.05, 3.63) is 104 Å². The molecule has 0 radical (unpaired) electrons. The van der Waals surface area contributed by atoms with E-state index in [-0.39, 0.29) is 11.7 Å². The number of ether oxygens (including phenoxy) is 1. The number of hydrogen-bond donors (Lipinski definition) is 1. The molecule has 0 aliphatic carbocycles. The van der Waals surface area contributed by atoms with E-state index in [0.717, 1.165) is 25.0 Å². The van der Waals surface area contributed by atoms with Gasteiger partial charge in [-0.25, -0.2) is 5.43 Å². The number of rotatable bonds is 8. The highest BCUT2D eigenvalue weighted by Gasteiger charge is 2.10. The van der Waals surface area contributed by atoms with E-state index in [0.29, 0.717) is 17.4 Å². The zero-order valence-electron chi connectivity index (χ0n) is 17.8. The molecule has 4 aromatic rings. The van der Waals surface area contributed by atoms with Gasteiger partial charge in [0, 0.05) is 9.92 Å². The van der Waals surface area contributed by atoms with Gasteiger partial charge in [-0.2, -0.15) is 5.10 Å². The fraction of sp³-hybridized carbons (Fsp3) is 0.0769. The van der Waals surface area contributed by atoms with Crippen LogP contribution in [0.25, 0.3) is 10.8 Å². The molecule has 0 fully saturated rings. The number of nitrogens with one attached hydrogen (secondary N) is 1. The summed E-state index contributed by atoms with van der Waals surface area (Å²) in [6, 6.07) is 25.6. The molecule has 0 aliphatic rings. The number of thioether (sulfide) groups is 1. The smallest absolute Gasteiger partial charge is 0.250 e. The van der Waals surface area contributed by atoms with Gasteiger partial charge < -0.3 is 4.74 Å². The molecular weight excluding hydrogens is 600 g/mol. The van der Waals surface area contributed by atoms with E-state index >= 15 is 0 Å². The van der Waals surface area contributed by atoms with Crippen LogP contribution in [0.2, 0.25) is 5.02 Å². The normalized spacial score (nSPS) is 11.1. The van der Waals surface area contributed by atoms with Crippen LogP contribution in [0.4, 0.5) is 0 Å². The van der Waals surface area contributed by atoms with E-state index in [9.17, 15) is 4.79 Å². The number of benzene rings is 4. The summed E-state index contributed by atoms with van der Waals surface area (Å²) in [4.78, 5) is 13.0. The van der Waals surface area contributed by atoms with E-state index in [4.69, 9.17) is 16.3 Å². The lowest BCUT2D eigenvalue weighted by molar-refractivity contribution is -0.118. The monoisotopic (exact) mass is 616 g/mol. The van der Waals surface area contributed by atoms with Crippen molar-refractivity contribution >= 4 is 78.1 Å². The molecule has 4 rings (SSSR count). The predicted octanol–water partition coefficient (Wildman–Crippen LogP) is 7.84. The first-order valence-corrected chi connectivity index (χ1v) is 13.2. The number of amides is 1. The Morgan fingerprint density at radius 3 is 2.47 bits per heavy atom. The largest absolute Gasteiger partial charge is 0.487 e. The van der Waals surface area contributed by atoms with E-state index < -0.39 is 0 Å². The minimum absolute atomic E-state index is 0.190. The van der Waals surface area contributed by atoms with Gasteiger partial charge in [0.2, 0.25) is 5.91 Å². The summed E-state index contributed by atoms with van der Waals surface area (Å²) in [5, 5.41) is 7.09. The molecule has 0 saturated carbocycles. The van der Waals surface area contributed by atoms with Crippen LogP contribution < -0.4 is 10.2 Å². The van der Waals surface area contributed by atoms with Crippen LogP contribution in [0.1, 0.15) is 11.1 Å². The minimum Gasteiger partial charge on any atom is -0.487 e. The fourth-order valence-corrected chi connectivity index (χ4v) is 5.52. The predicted molar refractivity (Wildman–Crippen MR) is 148 cm³/mol. The second-order valence-electron chi connectivity index (χ2n) is 7.28. The van der Waals surface area contributed by atoms with Crippen molar-refractivity contribution in [1.29, 1.82) is 0 Å². The highest BCUT2D eigenvalue weighted by Crippen LogP contribution is 2.35. The molecule has 4 aromatic carbocycles. The van der Waals surface area contributed by atoms with E-state index in [1.54, 1.807) is 18.3 Å². The molecule has 8 heteroatoms. The summed E-state index contributed by atoms with van der Waals surface area (Å²) >= 11 is 14.5. The zero-order valence-corrected chi connectivity index (χ0v) is 22.5. The van der Waals surface area contributed by atoms with Crippen LogP contribution >= 0.6 is 55.2 Å². The Balaban J connectivity index is 1.34. The molecular formula is C26H19Br2ClN2O2S. The van der Waals surface area contributed by atoms with Crippen molar-refractivity contribution in [2.75, 3.05) is 5.75 Å². The maximum atomic E-state index is 12.1. The van der Waals surface area contributed by atoms with Gasteiger partial charge in [0.25, 0.3) is 0 Å². The molecule has 0 unspecified atom stereocenters. The number of carbonyl (C=O) groups is 1. The first-order valence-electron chi connectivity index (χ1n) is 10.3. The summed E-state index contributed by atoms with van der Waals surface area (Å²) in [7, 11) is 0. The number of fused-ring (bicyclic) bond motifs is 1. The van der Waals surface area contributed by atoms with E-state index in [2.05, 4.69) is 66.7 Å². The second kappa shape index (κ2) is 11.9. The third-order valence-corrected chi connectivity index (χ3v) is 7.30. The molecule has 0 heterocycles. The number of carbonyl (C=O) groups excluding carboxylic acids is 1. The van der Waals surface area contributed by atoms with Gasteiger partial charge in [0.15, 0.2) is 0 Å². The van der Waals surface area contributed by atoms with Gasteiger partial charge in [-0.05, 0) is 90.2 Å². The van der Waals surface area contributed by atoms with Gasteiger partial charge in [-0.3, -0.25) is 4.79 Å². The average Bonchev–Trinajstić information content (AvgIpc) is 2.83. The fourth-order valence-electron chi connectivity index (χ4n) is 3.25. The Morgan fingerprint density at radius 2 is 1.71 bits per heavy atom. The van der Waals surface area contributed by atoms with Crippen molar-refractivity contribution in [3.8, 4) is 5.75 Å². The van der Waals surface area contributed by atoms with Crippen LogP contribution in [-0.4, -0.2) is 17.9 Å². The second-order valence-corrected chi connectivity index (χ2v) is 10.5. The van der Waals surface area contributed by atoms with Gasteiger partial charge in [-0.15, -0.1) is 11.8 Å². The van der Waals surface area contributed by atoms with Gasteiger partial charge in [0.05, 0.1) is 20.9 Å². The summed E-state index contributed by atoms with van der Waals surface area (Å²) in [5.41, 5.74) is 4.47. The van der Waals surface area contributed by atoms with Crippen LogP contribution in [0, 0.1) is 0 Å². The molecule has 0 aromatic heterocycles. The van der Waals surface area contributed by atoms with E-state index in [1.807, 2.05) is 42.5 Å². The summed E-state index contributed by atoms with van der Waals surface area (Å²) in [5.74, 6) is 0.769. The lowest BCUT2D eigenvalue weighted by Gasteiger charge is -2.13. The maximum absolute atomic E-state index is 12.1. The van der Waals surface area contributed by atoms with Crippen LogP contribution in [0.15, 0.2) is 97.8 Å². The molecule has 0 bridgehead atoms. The molecule has 34 heavy (non-hydrogen) atoms. The molecule has 0 atom stereocenters. The quantitative estimate of drug-likeness (QED) is 0.124. The Morgan fingerprint density at radius 1 is 1.00 bits per heavy atom. The van der Waals surface area contributed by atoms with Crippen molar-refractivity contribution in [2.45, 2.75) is 11.5 Å². The molecule has 1 amide bonds. The van der Waals surface area contributed by atoms with Crippen LogP contribution in [0.5, 0.6) is 5.75 Å². The Kier molecular flexibility index (Phi) is 8.67. The lowest BCUT2D eigenvalue weighted by atomic mass is 10.1. The number of hydrogen-bond acceptors (Lipinski definition) is 4. The zero-order chi connectivity index (χ0) is 23.9. The Hall–Kier alpha value is -2.32. The standard InChI is InChI=1S/C26H19Br2ClN2O2S/c27-23-12-17(14-30-31-25(32)16-34-21-10-8-20(29)9-11-21)13-24(28)26(23)33-15-19-6-3-5-18-4-1-2-7-22(18)19/h1-14H,15-16H2,(H,31,32)/b30-14-. The van der Waals surface area contributed by atoms with Crippen LogP contribution in [0.3, 0.4) is 0 Å². The van der Waals surface area contributed by atoms with Gasteiger partial charge in [0.1, 0.15) is 12.4 Å². The molecule has 172 valence electrons. The summed E-state index contributed by atoms with van der Waals surface area (Å²) < 4.78 is 7.69. The highest BCUT2D eigenvalue weighted by molar-refractivity contribution is 9.11. The topological polar surface area (TPSA) is 50.7 Å². The molecule has 4 nitrogen and oxygen atoms in total. The number of hydrazone groups is 1. The Bertz CT molecular complexity index is 1320. The van der Waals surface area contributed by atoms with Gasteiger partial charge in [-0.1, -0.05) is 54.1 Å². The first kappa shape index (κ1) is 24.8. The first-order chi connectivity index (χ1) is 16.5. The SMILES string of the molecule is O=C(CSc1ccc(Cl)cc1)N/N=C\c1cc(Br)c(OCc2cccc3ccccc23)c(Br)c1. The third-order valence-electron chi connectivity index (χ3n) is 4.86. The highest BCUT2D eigenvalue weighted by atomic mass is 79.9. The average molecular weight is 619 g/mol. The molecule has 1 N–H and O–H groups in total. The Labute approximate surface area is 224 Å². The molecule has 0 aliphatic heterocycles. The third kappa shape index (κ3) is 6.63. The van der Waals surface area contributed by atoms with Crippen molar-refractivity contribution < 1.29 is 9.53 Å².